The van der Waals surface area contributed by atoms with E-state index in [9.17, 15) is 9.59 Å². The van der Waals surface area contributed by atoms with Crippen molar-refractivity contribution < 1.29 is 9.59 Å². The Balaban J connectivity index is 2.32. The third-order valence-electron chi connectivity index (χ3n) is 5.16. The summed E-state index contributed by atoms with van der Waals surface area (Å²) in [5.74, 6) is -0.345. The monoisotopic (exact) mass is 434 g/mol. The second kappa shape index (κ2) is 10.7. The van der Waals surface area contributed by atoms with Gasteiger partial charge in [0, 0.05) is 28.2 Å². The van der Waals surface area contributed by atoms with Gasteiger partial charge in [-0.05, 0) is 50.5 Å². The molecule has 0 spiro atoms. The first-order chi connectivity index (χ1) is 13.7. The summed E-state index contributed by atoms with van der Waals surface area (Å²) >= 11 is 12.7. The molecule has 0 unspecified atom stereocenters. The number of benzene rings is 2. The zero-order valence-corrected chi connectivity index (χ0v) is 18.8. The minimum atomic E-state index is -0.659. The van der Waals surface area contributed by atoms with Crippen molar-refractivity contribution in [3.63, 3.8) is 0 Å². The lowest BCUT2D eigenvalue weighted by Crippen LogP contribution is -2.50. The summed E-state index contributed by atoms with van der Waals surface area (Å²) in [5.41, 5.74) is 2.60. The van der Waals surface area contributed by atoms with Crippen molar-refractivity contribution in [1.82, 2.24) is 10.2 Å². The van der Waals surface area contributed by atoms with Crippen LogP contribution in [0.2, 0.25) is 10.0 Å². The smallest absolute Gasteiger partial charge is 0.242 e. The molecule has 0 saturated carbocycles. The molecule has 2 aromatic rings. The van der Waals surface area contributed by atoms with Crippen LogP contribution in [-0.4, -0.2) is 28.8 Å². The van der Waals surface area contributed by atoms with Crippen LogP contribution >= 0.6 is 23.2 Å². The molecule has 2 rings (SSSR count). The van der Waals surface area contributed by atoms with Crippen molar-refractivity contribution in [3.05, 3.63) is 69.2 Å². The molecule has 2 amide bonds. The molecule has 0 heterocycles. The van der Waals surface area contributed by atoms with Crippen molar-refractivity contribution >= 4 is 35.0 Å². The van der Waals surface area contributed by atoms with Crippen molar-refractivity contribution in [2.24, 2.45) is 0 Å². The molecule has 0 aliphatic rings. The number of nitrogens with one attached hydrogen (secondary N) is 1. The number of aryl methyl sites for hydroxylation is 1. The molecule has 0 saturated heterocycles. The number of hydrogen-bond acceptors (Lipinski definition) is 2. The maximum Gasteiger partial charge on any atom is 0.242 e. The summed E-state index contributed by atoms with van der Waals surface area (Å²) in [4.78, 5) is 27.6. The van der Waals surface area contributed by atoms with Gasteiger partial charge in [-0.2, -0.15) is 0 Å². The van der Waals surface area contributed by atoms with Crippen LogP contribution in [0.1, 0.15) is 43.9 Å². The maximum absolute atomic E-state index is 13.3. The van der Waals surface area contributed by atoms with Crippen LogP contribution < -0.4 is 5.32 Å². The summed E-state index contributed by atoms with van der Waals surface area (Å²) in [5, 5.41) is 3.90. The molecule has 0 aliphatic heterocycles. The maximum atomic E-state index is 13.3. The third-order valence-corrected chi connectivity index (χ3v) is 5.87. The summed E-state index contributed by atoms with van der Waals surface area (Å²) in [6, 6.07) is 12.3. The molecule has 0 aromatic heterocycles. The van der Waals surface area contributed by atoms with E-state index in [0.717, 1.165) is 17.5 Å². The Morgan fingerprint density at radius 2 is 1.66 bits per heavy atom. The fourth-order valence-corrected chi connectivity index (χ4v) is 3.49. The Labute approximate surface area is 183 Å². The average molecular weight is 435 g/mol. The minimum Gasteiger partial charge on any atom is -0.352 e. The molecule has 0 radical (unpaired) electrons. The number of rotatable bonds is 8. The molecule has 0 fully saturated rings. The molecule has 29 heavy (non-hydrogen) atoms. The molecule has 6 heteroatoms. The summed E-state index contributed by atoms with van der Waals surface area (Å²) in [6.45, 7) is 7.81. The molecular formula is C23H28Cl2N2O2. The number of carbonyl (C=O) groups excluding carboxylic acids is 2. The Bertz CT molecular complexity index is 849. The topological polar surface area (TPSA) is 49.4 Å². The SMILES string of the molecule is CC[C@@H](C)NC(=O)[C@H](C)N(Cc1c(Cl)cccc1Cl)C(=O)Cc1ccccc1C. The van der Waals surface area contributed by atoms with E-state index in [1.54, 1.807) is 30.0 Å². The lowest BCUT2D eigenvalue weighted by molar-refractivity contribution is -0.140. The Morgan fingerprint density at radius 3 is 2.24 bits per heavy atom. The van der Waals surface area contributed by atoms with Gasteiger partial charge in [0.1, 0.15) is 6.04 Å². The Kier molecular flexibility index (Phi) is 8.54. The van der Waals surface area contributed by atoms with Crippen LogP contribution in [0, 0.1) is 6.92 Å². The van der Waals surface area contributed by atoms with Gasteiger partial charge >= 0.3 is 0 Å². The summed E-state index contributed by atoms with van der Waals surface area (Å²) in [6.07, 6.45) is 1.02. The number of nitrogens with zero attached hydrogens (tertiary/aromatic N) is 1. The lowest BCUT2D eigenvalue weighted by Gasteiger charge is -2.30. The molecule has 0 aliphatic carbocycles. The van der Waals surface area contributed by atoms with E-state index in [-0.39, 0.29) is 30.8 Å². The first-order valence-corrected chi connectivity index (χ1v) is 10.6. The van der Waals surface area contributed by atoms with Crippen LogP contribution in [0.25, 0.3) is 0 Å². The lowest BCUT2D eigenvalue weighted by atomic mass is 10.0. The molecule has 1 N–H and O–H groups in total. The fraction of sp³-hybridized carbons (Fsp3) is 0.391. The highest BCUT2D eigenvalue weighted by Gasteiger charge is 2.28. The highest BCUT2D eigenvalue weighted by Crippen LogP contribution is 2.27. The van der Waals surface area contributed by atoms with Gasteiger partial charge in [0.15, 0.2) is 0 Å². The van der Waals surface area contributed by atoms with Gasteiger partial charge < -0.3 is 10.2 Å². The number of halogens is 2. The van der Waals surface area contributed by atoms with Crippen LogP contribution in [0.3, 0.4) is 0 Å². The van der Waals surface area contributed by atoms with E-state index in [1.165, 1.54) is 0 Å². The van der Waals surface area contributed by atoms with Crippen molar-refractivity contribution in [2.75, 3.05) is 0 Å². The third kappa shape index (κ3) is 6.22. The second-order valence-electron chi connectivity index (χ2n) is 7.32. The normalized spacial score (nSPS) is 12.9. The van der Waals surface area contributed by atoms with Crippen molar-refractivity contribution in [1.29, 1.82) is 0 Å². The van der Waals surface area contributed by atoms with E-state index >= 15 is 0 Å². The predicted octanol–water partition coefficient (Wildman–Crippen LogP) is 5.18. The molecule has 4 nitrogen and oxygen atoms in total. The molecular weight excluding hydrogens is 407 g/mol. The molecule has 0 bridgehead atoms. The quantitative estimate of drug-likeness (QED) is 0.622. The van der Waals surface area contributed by atoms with Gasteiger partial charge in [-0.25, -0.2) is 0 Å². The van der Waals surface area contributed by atoms with E-state index in [0.29, 0.717) is 15.6 Å². The fourth-order valence-electron chi connectivity index (χ4n) is 2.97. The van der Waals surface area contributed by atoms with Crippen LogP contribution in [0.4, 0.5) is 0 Å². The van der Waals surface area contributed by atoms with Crippen LogP contribution in [0.5, 0.6) is 0 Å². The highest BCUT2D eigenvalue weighted by molar-refractivity contribution is 6.36. The van der Waals surface area contributed by atoms with E-state index in [1.807, 2.05) is 45.0 Å². The van der Waals surface area contributed by atoms with Crippen molar-refractivity contribution in [3.8, 4) is 0 Å². The minimum absolute atomic E-state index is 0.0298. The first-order valence-electron chi connectivity index (χ1n) is 9.81. The van der Waals surface area contributed by atoms with Crippen molar-refractivity contribution in [2.45, 2.75) is 59.2 Å². The number of amides is 2. The molecule has 2 atom stereocenters. The van der Waals surface area contributed by atoms with E-state index in [4.69, 9.17) is 23.2 Å². The van der Waals surface area contributed by atoms with Crippen LogP contribution in [0.15, 0.2) is 42.5 Å². The first kappa shape index (κ1) is 23.2. The Morgan fingerprint density at radius 1 is 1.03 bits per heavy atom. The van der Waals surface area contributed by atoms with Crippen LogP contribution in [-0.2, 0) is 22.6 Å². The standard InChI is InChI=1S/C23H28Cl2N2O2/c1-5-16(3)26-23(29)17(4)27(14-19-20(24)11-8-12-21(19)25)22(28)13-18-10-7-6-9-15(18)2/h6-12,16-17H,5,13-14H2,1-4H3,(H,26,29)/t16-,17+/m1/s1. The van der Waals surface area contributed by atoms with Gasteiger partial charge in [0.25, 0.3) is 0 Å². The van der Waals surface area contributed by atoms with E-state index in [2.05, 4.69) is 5.32 Å². The second-order valence-corrected chi connectivity index (χ2v) is 8.13. The summed E-state index contributed by atoms with van der Waals surface area (Å²) in [7, 11) is 0. The molecule has 156 valence electrons. The Hall–Kier alpha value is -2.04. The van der Waals surface area contributed by atoms with Gasteiger partial charge in [0.05, 0.1) is 6.42 Å². The van der Waals surface area contributed by atoms with Gasteiger partial charge in [-0.3, -0.25) is 9.59 Å². The number of hydrogen-bond donors (Lipinski definition) is 1. The van der Waals surface area contributed by atoms with Gasteiger partial charge in [0.2, 0.25) is 11.8 Å². The van der Waals surface area contributed by atoms with E-state index < -0.39 is 6.04 Å². The zero-order chi connectivity index (χ0) is 21.6. The molecule has 2 aromatic carbocycles. The number of carbonyl (C=O) groups is 2. The summed E-state index contributed by atoms with van der Waals surface area (Å²) < 4.78 is 0. The van der Waals surface area contributed by atoms with Gasteiger partial charge in [-0.15, -0.1) is 0 Å². The highest BCUT2D eigenvalue weighted by atomic mass is 35.5. The average Bonchev–Trinajstić information content (AvgIpc) is 2.68. The van der Waals surface area contributed by atoms with Gasteiger partial charge in [-0.1, -0.05) is 60.5 Å². The predicted molar refractivity (Wildman–Crippen MR) is 119 cm³/mol. The zero-order valence-electron chi connectivity index (χ0n) is 17.3. The largest absolute Gasteiger partial charge is 0.352 e.